The van der Waals surface area contributed by atoms with Crippen LogP contribution in [-0.4, -0.2) is 28.8 Å². The first kappa shape index (κ1) is 24.9. The van der Waals surface area contributed by atoms with Crippen molar-refractivity contribution in [1.82, 2.24) is 10.2 Å². The lowest BCUT2D eigenvalue weighted by Gasteiger charge is -2.30. The largest absolute Gasteiger partial charge is 0.352 e. The summed E-state index contributed by atoms with van der Waals surface area (Å²) in [6.07, 6.45) is 1.85. The number of amides is 2. The summed E-state index contributed by atoms with van der Waals surface area (Å²) >= 11 is 6.00. The number of carbonyl (C=O) groups is 2. The number of nitrogens with one attached hydrogen (secondary N) is 1. The summed E-state index contributed by atoms with van der Waals surface area (Å²) in [6.45, 7) is 10.5. The van der Waals surface area contributed by atoms with E-state index in [0.717, 1.165) is 17.5 Å². The molecule has 2 aromatic carbocycles. The highest BCUT2D eigenvalue weighted by atomic mass is 35.5. The van der Waals surface area contributed by atoms with Crippen molar-refractivity contribution < 1.29 is 9.59 Å². The Kier molecular flexibility index (Phi) is 9.57. The van der Waals surface area contributed by atoms with E-state index in [1.807, 2.05) is 26.0 Å². The van der Waals surface area contributed by atoms with E-state index in [9.17, 15) is 9.59 Å². The number of benzene rings is 2. The number of carbonyl (C=O) groups excluding carboxylic acids is 2. The van der Waals surface area contributed by atoms with Gasteiger partial charge in [0.05, 0.1) is 0 Å². The maximum Gasteiger partial charge on any atom is 0.242 e. The fraction of sp³-hybridized carbons (Fsp3) is 0.462. The molecule has 0 aliphatic heterocycles. The number of aryl methyl sites for hydroxylation is 1. The number of halogens is 1. The van der Waals surface area contributed by atoms with Crippen LogP contribution >= 0.6 is 11.6 Å². The molecule has 0 heterocycles. The van der Waals surface area contributed by atoms with Crippen molar-refractivity contribution in [3.05, 3.63) is 70.2 Å². The van der Waals surface area contributed by atoms with Crippen molar-refractivity contribution in [2.75, 3.05) is 0 Å². The zero-order valence-electron chi connectivity index (χ0n) is 19.3. The molecule has 2 atom stereocenters. The van der Waals surface area contributed by atoms with Crippen LogP contribution < -0.4 is 5.32 Å². The molecule has 168 valence electrons. The molecule has 2 rings (SSSR count). The highest BCUT2D eigenvalue weighted by Gasteiger charge is 2.26. The van der Waals surface area contributed by atoms with E-state index in [0.29, 0.717) is 30.3 Å². The third-order valence-corrected chi connectivity index (χ3v) is 5.96. The van der Waals surface area contributed by atoms with Gasteiger partial charge in [-0.05, 0) is 61.4 Å². The van der Waals surface area contributed by atoms with Crippen LogP contribution in [0.3, 0.4) is 0 Å². The Morgan fingerprint density at radius 1 is 0.935 bits per heavy atom. The first-order chi connectivity index (χ1) is 14.7. The number of hydrogen-bond donors (Lipinski definition) is 1. The number of hydrogen-bond acceptors (Lipinski definition) is 2. The summed E-state index contributed by atoms with van der Waals surface area (Å²) in [5, 5.41) is 3.64. The van der Waals surface area contributed by atoms with Crippen LogP contribution in [0.5, 0.6) is 0 Å². The van der Waals surface area contributed by atoms with Gasteiger partial charge in [0.2, 0.25) is 11.8 Å². The van der Waals surface area contributed by atoms with Crippen LogP contribution in [-0.2, 0) is 22.6 Å². The second kappa shape index (κ2) is 11.9. The molecule has 2 aromatic rings. The van der Waals surface area contributed by atoms with Crippen LogP contribution in [0.1, 0.15) is 70.1 Å². The number of rotatable bonds is 10. The standard InChI is InChI=1S/C26H35ClN2O2/c1-6-19(4)28-26(31)20(5)29(17-22-9-14-24(27)15-10-22)25(30)16-11-21-7-12-23(13-8-21)18(2)3/h7-10,12-15,18-20H,6,11,16-17H2,1-5H3,(H,28,31)/t19-,20-/m0/s1. The summed E-state index contributed by atoms with van der Waals surface area (Å²) < 4.78 is 0. The number of nitrogens with zero attached hydrogens (tertiary/aromatic N) is 1. The lowest BCUT2D eigenvalue weighted by molar-refractivity contribution is -0.140. The topological polar surface area (TPSA) is 49.4 Å². The van der Waals surface area contributed by atoms with Crippen LogP contribution in [0.15, 0.2) is 48.5 Å². The van der Waals surface area contributed by atoms with Crippen LogP contribution in [0.4, 0.5) is 0 Å². The summed E-state index contributed by atoms with van der Waals surface area (Å²) in [5.41, 5.74) is 3.36. The molecule has 0 saturated carbocycles. The third-order valence-electron chi connectivity index (χ3n) is 5.71. The van der Waals surface area contributed by atoms with E-state index >= 15 is 0 Å². The van der Waals surface area contributed by atoms with Crippen molar-refractivity contribution in [2.45, 2.75) is 78.4 Å². The second-order valence-corrected chi connectivity index (χ2v) is 8.97. The van der Waals surface area contributed by atoms with Crippen molar-refractivity contribution in [1.29, 1.82) is 0 Å². The van der Waals surface area contributed by atoms with Crippen molar-refractivity contribution in [2.24, 2.45) is 0 Å². The molecule has 0 aromatic heterocycles. The average Bonchev–Trinajstić information content (AvgIpc) is 2.76. The summed E-state index contributed by atoms with van der Waals surface area (Å²) in [4.78, 5) is 27.6. The van der Waals surface area contributed by atoms with Gasteiger partial charge in [-0.1, -0.05) is 68.8 Å². The molecule has 0 radical (unpaired) electrons. The van der Waals surface area contributed by atoms with E-state index in [4.69, 9.17) is 11.6 Å². The van der Waals surface area contributed by atoms with Gasteiger partial charge in [-0.25, -0.2) is 0 Å². The molecule has 4 nitrogen and oxygen atoms in total. The molecule has 0 saturated heterocycles. The molecule has 31 heavy (non-hydrogen) atoms. The van der Waals surface area contributed by atoms with Crippen molar-refractivity contribution in [3.63, 3.8) is 0 Å². The zero-order chi connectivity index (χ0) is 23.0. The van der Waals surface area contributed by atoms with Gasteiger partial charge in [0.15, 0.2) is 0 Å². The monoisotopic (exact) mass is 442 g/mol. The summed E-state index contributed by atoms with van der Waals surface area (Å²) in [5.74, 6) is 0.322. The minimum Gasteiger partial charge on any atom is -0.352 e. The smallest absolute Gasteiger partial charge is 0.242 e. The van der Waals surface area contributed by atoms with Crippen LogP contribution in [0, 0.1) is 0 Å². The molecule has 0 spiro atoms. The van der Waals surface area contributed by atoms with Crippen molar-refractivity contribution >= 4 is 23.4 Å². The molecule has 1 N–H and O–H groups in total. The van der Waals surface area contributed by atoms with E-state index in [-0.39, 0.29) is 17.9 Å². The second-order valence-electron chi connectivity index (χ2n) is 8.54. The van der Waals surface area contributed by atoms with Gasteiger partial charge in [0.1, 0.15) is 6.04 Å². The summed E-state index contributed by atoms with van der Waals surface area (Å²) in [7, 11) is 0. The molecule has 2 amide bonds. The predicted octanol–water partition coefficient (Wildman–Crippen LogP) is 5.73. The fourth-order valence-corrected chi connectivity index (χ4v) is 3.42. The maximum atomic E-state index is 13.2. The Morgan fingerprint density at radius 3 is 2.06 bits per heavy atom. The Labute approximate surface area is 192 Å². The van der Waals surface area contributed by atoms with Gasteiger partial charge >= 0.3 is 0 Å². The first-order valence-corrected chi connectivity index (χ1v) is 11.5. The molecule has 0 bridgehead atoms. The fourth-order valence-electron chi connectivity index (χ4n) is 3.30. The molecular weight excluding hydrogens is 408 g/mol. The average molecular weight is 443 g/mol. The van der Waals surface area contributed by atoms with E-state index in [1.54, 1.807) is 24.0 Å². The Hall–Kier alpha value is -2.33. The van der Waals surface area contributed by atoms with E-state index in [1.165, 1.54) is 5.56 Å². The quantitative estimate of drug-likeness (QED) is 0.510. The van der Waals surface area contributed by atoms with E-state index in [2.05, 4.69) is 43.4 Å². The van der Waals surface area contributed by atoms with Crippen LogP contribution in [0.25, 0.3) is 0 Å². The van der Waals surface area contributed by atoms with Gasteiger partial charge in [-0.3, -0.25) is 9.59 Å². The SMILES string of the molecule is CC[C@H](C)NC(=O)[C@H](C)N(Cc1ccc(Cl)cc1)C(=O)CCc1ccc(C(C)C)cc1. The molecule has 5 heteroatoms. The minimum absolute atomic E-state index is 0.0327. The molecule has 0 aliphatic carbocycles. The van der Waals surface area contributed by atoms with Crippen molar-refractivity contribution in [3.8, 4) is 0 Å². The Balaban J connectivity index is 2.12. The normalized spacial score (nSPS) is 13.0. The van der Waals surface area contributed by atoms with Gasteiger partial charge < -0.3 is 10.2 Å². The van der Waals surface area contributed by atoms with Crippen LogP contribution in [0.2, 0.25) is 5.02 Å². The Bertz CT molecular complexity index is 847. The van der Waals surface area contributed by atoms with E-state index < -0.39 is 6.04 Å². The lowest BCUT2D eigenvalue weighted by Crippen LogP contribution is -2.49. The van der Waals surface area contributed by atoms with Gasteiger partial charge in [-0.2, -0.15) is 0 Å². The lowest BCUT2D eigenvalue weighted by atomic mass is 10.00. The minimum atomic E-state index is -0.555. The highest BCUT2D eigenvalue weighted by molar-refractivity contribution is 6.30. The molecular formula is C26H35ClN2O2. The van der Waals surface area contributed by atoms with Gasteiger partial charge in [0.25, 0.3) is 0 Å². The zero-order valence-corrected chi connectivity index (χ0v) is 20.1. The molecule has 0 aliphatic rings. The van der Waals surface area contributed by atoms with Gasteiger partial charge in [-0.15, -0.1) is 0 Å². The highest BCUT2D eigenvalue weighted by Crippen LogP contribution is 2.18. The van der Waals surface area contributed by atoms with Gasteiger partial charge in [0, 0.05) is 24.0 Å². The molecule has 0 fully saturated rings. The summed E-state index contributed by atoms with van der Waals surface area (Å²) in [6, 6.07) is 15.3. The maximum absolute atomic E-state index is 13.2. The Morgan fingerprint density at radius 2 is 1.52 bits per heavy atom. The molecule has 0 unspecified atom stereocenters. The third kappa shape index (κ3) is 7.70. The first-order valence-electron chi connectivity index (χ1n) is 11.1. The predicted molar refractivity (Wildman–Crippen MR) is 128 cm³/mol.